The summed E-state index contributed by atoms with van der Waals surface area (Å²) in [7, 11) is 0. The molecule has 0 bridgehead atoms. The predicted octanol–water partition coefficient (Wildman–Crippen LogP) is 2.87. The smallest absolute Gasteiger partial charge is 0.245 e. The standard InChI is InChI=1S/C33H41N5O4/c1-4-5-21-27(29(35)40)36-31(42)32(2,3)38-30(41)26(34)22-28(39)37-33(23-15-9-6-10-16-23,24-17-11-7-12-18-24)25-19-13-8-14-20-25/h6-20,26-27H,4-5,21-22,34H2,1-3H3,(H2,35,40)(H,36,42)(H,37,39)(H,38,41)/t26-,27-/m0/s1. The number of primary amides is 1. The summed E-state index contributed by atoms with van der Waals surface area (Å²) in [6, 6.07) is 26.7. The quantitative estimate of drug-likeness (QED) is 0.188. The number of nitrogens with one attached hydrogen (secondary N) is 3. The fraction of sp³-hybridized carbons (Fsp3) is 0.333. The van der Waals surface area contributed by atoms with Crippen LogP contribution in [-0.2, 0) is 24.7 Å². The van der Waals surface area contributed by atoms with E-state index in [2.05, 4.69) is 16.0 Å². The van der Waals surface area contributed by atoms with Gasteiger partial charge < -0.3 is 27.4 Å². The van der Waals surface area contributed by atoms with E-state index in [0.717, 1.165) is 23.1 Å². The normalized spacial score (nSPS) is 13.0. The maximum atomic E-state index is 13.6. The van der Waals surface area contributed by atoms with Gasteiger partial charge in [0, 0.05) is 0 Å². The molecule has 0 aromatic heterocycles. The van der Waals surface area contributed by atoms with Crippen LogP contribution in [0.5, 0.6) is 0 Å². The van der Waals surface area contributed by atoms with Crippen molar-refractivity contribution < 1.29 is 19.2 Å². The van der Waals surface area contributed by atoms with Gasteiger partial charge in [0.05, 0.1) is 12.5 Å². The van der Waals surface area contributed by atoms with Crippen molar-refractivity contribution in [1.29, 1.82) is 0 Å². The highest BCUT2D eigenvalue weighted by molar-refractivity contribution is 5.96. The van der Waals surface area contributed by atoms with E-state index in [-0.39, 0.29) is 6.42 Å². The molecular weight excluding hydrogens is 530 g/mol. The number of carbonyl (C=O) groups excluding carboxylic acids is 4. The van der Waals surface area contributed by atoms with E-state index < -0.39 is 46.8 Å². The molecule has 0 aliphatic heterocycles. The first-order valence-corrected chi connectivity index (χ1v) is 14.2. The lowest BCUT2D eigenvalue weighted by molar-refractivity contribution is -0.135. The fourth-order valence-corrected chi connectivity index (χ4v) is 4.82. The molecule has 3 aromatic carbocycles. The van der Waals surface area contributed by atoms with Crippen LogP contribution in [0.15, 0.2) is 91.0 Å². The maximum absolute atomic E-state index is 13.6. The zero-order valence-corrected chi connectivity index (χ0v) is 24.4. The van der Waals surface area contributed by atoms with Crippen molar-refractivity contribution in [3.63, 3.8) is 0 Å². The van der Waals surface area contributed by atoms with Gasteiger partial charge in [-0.15, -0.1) is 0 Å². The second-order valence-corrected chi connectivity index (χ2v) is 10.9. The molecule has 2 atom stereocenters. The van der Waals surface area contributed by atoms with E-state index in [4.69, 9.17) is 11.5 Å². The van der Waals surface area contributed by atoms with Gasteiger partial charge in [-0.3, -0.25) is 19.2 Å². The summed E-state index contributed by atoms with van der Waals surface area (Å²) < 4.78 is 0. The molecule has 7 N–H and O–H groups in total. The maximum Gasteiger partial charge on any atom is 0.245 e. The fourth-order valence-electron chi connectivity index (χ4n) is 4.82. The van der Waals surface area contributed by atoms with Crippen molar-refractivity contribution in [2.45, 2.75) is 69.6 Å². The van der Waals surface area contributed by atoms with Crippen LogP contribution in [0.2, 0.25) is 0 Å². The first kappa shape index (κ1) is 32.0. The molecule has 0 heterocycles. The summed E-state index contributed by atoms with van der Waals surface area (Å²) in [5.41, 5.74) is 11.7. The minimum absolute atomic E-state index is 0.335. The van der Waals surface area contributed by atoms with Gasteiger partial charge >= 0.3 is 0 Å². The highest BCUT2D eigenvalue weighted by atomic mass is 16.2. The third kappa shape index (κ3) is 7.82. The minimum atomic E-state index is -1.41. The number of benzene rings is 3. The zero-order valence-electron chi connectivity index (χ0n) is 24.4. The van der Waals surface area contributed by atoms with E-state index in [1.54, 1.807) is 0 Å². The molecule has 3 aromatic rings. The molecule has 0 aliphatic rings. The van der Waals surface area contributed by atoms with Crippen molar-refractivity contribution in [2.75, 3.05) is 0 Å². The van der Waals surface area contributed by atoms with Gasteiger partial charge in [0.1, 0.15) is 17.1 Å². The summed E-state index contributed by atoms with van der Waals surface area (Å²) in [6.07, 6.45) is 1.60. The highest BCUT2D eigenvalue weighted by Gasteiger charge is 2.39. The van der Waals surface area contributed by atoms with Crippen LogP contribution in [0, 0.1) is 0 Å². The molecule has 0 aliphatic carbocycles. The molecular formula is C33H41N5O4. The number of carbonyl (C=O) groups is 4. The average molecular weight is 572 g/mol. The first-order valence-electron chi connectivity index (χ1n) is 14.2. The third-order valence-electron chi connectivity index (χ3n) is 7.19. The Balaban J connectivity index is 1.81. The summed E-state index contributed by atoms with van der Waals surface area (Å²) in [5, 5.41) is 8.40. The summed E-state index contributed by atoms with van der Waals surface area (Å²) in [5.74, 6) is -2.36. The highest BCUT2D eigenvalue weighted by Crippen LogP contribution is 2.36. The molecule has 3 rings (SSSR count). The van der Waals surface area contributed by atoms with Gasteiger partial charge in [-0.05, 0) is 37.0 Å². The van der Waals surface area contributed by atoms with Gasteiger partial charge in [-0.1, -0.05) is 111 Å². The van der Waals surface area contributed by atoms with E-state index in [1.165, 1.54) is 13.8 Å². The van der Waals surface area contributed by atoms with Crippen LogP contribution < -0.4 is 27.4 Å². The van der Waals surface area contributed by atoms with Crippen molar-refractivity contribution >= 4 is 23.6 Å². The lowest BCUT2D eigenvalue weighted by Gasteiger charge is -2.37. The van der Waals surface area contributed by atoms with E-state index in [1.807, 2.05) is 97.9 Å². The minimum Gasteiger partial charge on any atom is -0.368 e. The van der Waals surface area contributed by atoms with E-state index in [0.29, 0.717) is 12.8 Å². The molecule has 0 saturated heterocycles. The van der Waals surface area contributed by atoms with Gasteiger partial charge in [0.15, 0.2) is 0 Å². The molecule has 0 radical (unpaired) electrons. The van der Waals surface area contributed by atoms with Crippen molar-refractivity contribution in [2.24, 2.45) is 11.5 Å². The lowest BCUT2D eigenvalue weighted by Crippen LogP contribution is -2.61. The number of hydrogen-bond acceptors (Lipinski definition) is 5. The van der Waals surface area contributed by atoms with Crippen LogP contribution in [0.25, 0.3) is 0 Å². The van der Waals surface area contributed by atoms with Crippen molar-refractivity contribution in [3.8, 4) is 0 Å². The Morgan fingerprint density at radius 3 is 1.62 bits per heavy atom. The van der Waals surface area contributed by atoms with Crippen LogP contribution >= 0.6 is 0 Å². The topological polar surface area (TPSA) is 156 Å². The number of nitrogens with two attached hydrogens (primary N) is 2. The Labute approximate surface area is 247 Å². The average Bonchev–Trinajstić information content (AvgIpc) is 2.98. The summed E-state index contributed by atoms with van der Waals surface area (Å²) in [4.78, 5) is 51.4. The molecule has 9 heteroatoms. The van der Waals surface area contributed by atoms with E-state index >= 15 is 0 Å². The van der Waals surface area contributed by atoms with Crippen molar-refractivity contribution in [3.05, 3.63) is 108 Å². The Kier molecular flexibility index (Phi) is 11.0. The monoisotopic (exact) mass is 571 g/mol. The molecule has 0 saturated carbocycles. The molecule has 0 fully saturated rings. The second-order valence-electron chi connectivity index (χ2n) is 10.9. The first-order chi connectivity index (χ1) is 20.0. The van der Waals surface area contributed by atoms with Crippen molar-refractivity contribution in [1.82, 2.24) is 16.0 Å². The largest absolute Gasteiger partial charge is 0.368 e. The third-order valence-corrected chi connectivity index (χ3v) is 7.19. The summed E-state index contributed by atoms with van der Waals surface area (Å²) >= 11 is 0. The Morgan fingerprint density at radius 1 is 0.762 bits per heavy atom. The molecule has 0 spiro atoms. The van der Waals surface area contributed by atoms with Gasteiger partial charge in [-0.2, -0.15) is 0 Å². The SMILES string of the molecule is CCCC[C@H](NC(=O)C(C)(C)NC(=O)[C@@H](N)CC(=O)NC(c1ccccc1)(c1ccccc1)c1ccccc1)C(N)=O. The van der Waals surface area contributed by atoms with Gasteiger partial charge in [0.25, 0.3) is 0 Å². The number of hydrogen-bond donors (Lipinski definition) is 5. The predicted molar refractivity (Wildman–Crippen MR) is 163 cm³/mol. The van der Waals surface area contributed by atoms with Crippen LogP contribution in [0.4, 0.5) is 0 Å². The van der Waals surface area contributed by atoms with Gasteiger partial charge in [0.2, 0.25) is 23.6 Å². The van der Waals surface area contributed by atoms with E-state index in [9.17, 15) is 19.2 Å². The molecule has 222 valence electrons. The van der Waals surface area contributed by atoms with Crippen LogP contribution in [0.1, 0.15) is 63.1 Å². The Hall–Kier alpha value is -4.50. The Morgan fingerprint density at radius 2 is 1.21 bits per heavy atom. The second kappa shape index (κ2) is 14.4. The molecule has 9 nitrogen and oxygen atoms in total. The summed E-state index contributed by atoms with van der Waals surface area (Å²) in [6.45, 7) is 4.96. The number of rotatable bonds is 14. The van der Waals surface area contributed by atoms with Crippen LogP contribution in [0.3, 0.4) is 0 Å². The molecule has 42 heavy (non-hydrogen) atoms. The lowest BCUT2D eigenvalue weighted by atomic mass is 9.77. The number of amides is 4. The zero-order chi connectivity index (χ0) is 30.8. The van der Waals surface area contributed by atoms with Gasteiger partial charge in [-0.25, -0.2) is 0 Å². The molecule has 4 amide bonds. The molecule has 0 unspecified atom stereocenters. The Bertz CT molecular complexity index is 1250. The van der Waals surface area contributed by atoms with Crippen LogP contribution in [-0.4, -0.2) is 41.3 Å². The number of unbranched alkanes of at least 4 members (excludes halogenated alkanes) is 1.